The molecule has 0 spiro atoms. The van der Waals surface area contributed by atoms with Crippen molar-refractivity contribution >= 4 is 0 Å². The number of benzene rings is 1. The van der Waals surface area contributed by atoms with Gasteiger partial charge in [0, 0.05) is 36.1 Å². The molecule has 21 heavy (non-hydrogen) atoms. The Kier molecular flexibility index (Phi) is 4.91. The summed E-state index contributed by atoms with van der Waals surface area (Å²) in [6, 6.07) is 6.81. The third-order valence-corrected chi connectivity index (χ3v) is 3.14. The number of halogens is 1. The highest BCUT2D eigenvalue weighted by atomic mass is 19.1. The van der Waals surface area contributed by atoms with Crippen LogP contribution in [-0.4, -0.2) is 11.0 Å². The summed E-state index contributed by atoms with van der Waals surface area (Å²) in [6.45, 7) is 8.61. The number of aromatic nitrogens is 1. The van der Waals surface area contributed by atoms with E-state index in [2.05, 4.69) is 24.1 Å². The van der Waals surface area contributed by atoms with Crippen LogP contribution in [0.2, 0.25) is 0 Å². The van der Waals surface area contributed by atoms with Gasteiger partial charge in [-0.05, 0) is 37.6 Å². The molecule has 0 fully saturated rings. The van der Waals surface area contributed by atoms with E-state index >= 15 is 0 Å². The van der Waals surface area contributed by atoms with Crippen LogP contribution in [0, 0.1) is 19.7 Å². The molecule has 0 saturated heterocycles. The minimum Gasteiger partial charge on any atom is -0.457 e. The van der Waals surface area contributed by atoms with Crippen LogP contribution in [0.25, 0.3) is 0 Å². The molecule has 0 bridgehead atoms. The van der Waals surface area contributed by atoms with Crippen LogP contribution in [0.4, 0.5) is 4.39 Å². The number of ether oxygens (including phenoxy) is 1. The molecular formula is C17H21FN2O. The zero-order valence-electron chi connectivity index (χ0n) is 12.9. The summed E-state index contributed by atoms with van der Waals surface area (Å²) in [6.07, 6.45) is 1.82. The fraction of sp³-hybridized carbons (Fsp3) is 0.353. The van der Waals surface area contributed by atoms with E-state index in [0.29, 0.717) is 18.3 Å². The van der Waals surface area contributed by atoms with Gasteiger partial charge in [0.2, 0.25) is 0 Å². The summed E-state index contributed by atoms with van der Waals surface area (Å²) >= 11 is 0. The lowest BCUT2D eigenvalue weighted by atomic mass is 10.2. The molecule has 1 N–H and O–H groups in total. The van der Waals surface area contributed by atoms with Crippen molar-refractivity contribution < 1.29 is 9.13 Å². The molecule has 1 heterocycles. The molecule has 1 aromatic carbocycles. The lowest BCUT2D eigenvalue weighted by Gasteiger charge is -2.15. The van der Waals surface area contributed by atoms with Crippen LogP contribution in [0.5, 0.6) is 11.5 Å². The van der Waals surface area contributed by atoms with Gasteiger partial charge >= 0.3 is 0 Å². The van der Waals surface area contributed by atoms with Gasteiger partial charge in [-0.15, -0.1) is 0 Å². The number of nitrogens with zero attached hydrogens (tertiary/aromatic N) is 1. The van der Waals surface area contributed by atoms with Crippen molar-refractivity contribution in [2.24, 2.45) is 0 Å². The van der Waals surface area contributed by atoms with Crippen molar-refractivity contribution in [3.8, 4) is 11.5 Å². The van der Waals surface area contributed by atoms with Gasteiger partial charge < -0.3 is 10.1 Å². The van der Waals surface area contributed by atoms with E-state index in [4.69, 9.17) is 4.74 Å². The lowest BCUT2D eigenvalue weighted by molar-refractivity contribution is 0.462. The number of nitrogens with one attached hydrogen (secondary N) is 1. The number of pyridine rings is 1. The largest absolute Gasteiger partial charge is 0.457 e. The third-order valence-electron chi connectivity index (χ3n) is 3.14. The maximum Gasteiger partial charge on any atom is 0.135 e. The van der Waals surface area contributed by atoms with Crippen molar-refractivity contribution in [3.63, 3.8) is 0 Å². The van der Waals surface area contributed by atoms with Crippen molar-refractivity contribution in [3.05, 3.63) is 53.1 Å². The number of hydrogen-bond acceptors (Lipinski definition) is 3. The highest BCUT2D eigenvalue weighted by molar-refractivity contribution is 5.41. The van der Waals surface area contributed by atoms with Gasteiger partial charge in [0.25, 0.3) is 0 Å². The number of hydrogen-bond donors (Lipinski definition) is 1. The van der Waals surface area contributed by atoms with Crippen LogP contribution in [0.15, 0.2) is 30.5 Å². The summed E-state index contributed by atoms with van der Waals surface area (Å²) in [4.78, 5) is 4.32. The Hall–Kier alpha value is -1.94. The Labute approximate surface area is 125 Å². The summed E-state index contributed by atoms with van der Waals surface area (Å²) in [5.41, 5.74) is 2.64. The molecular weight excluding hydrogens is 267 g/mol. The second-order valence-electron chi connectivity index (χ2n) is 5.48. The third kappa shape index (κ3) is 4.26. The van der Waals surface area contributed by atoms with Gasteiger partial charge in [-0.25, -0.2) is 4.39 Å². The molecule has 3 nitrogen and oxygen atoms in total. The predicted molar refractivity (Wildman–Crippen MR) is 82.2 cm³/mol. The summed E-state index contributed by atoms with van der Waals surface area (Å²) < 4.78 is 19.1. The maximum atomic E-state index is 13.2. The standard InChI is InChI=1S/C17H21FN2O/c1-11(2)19-9-14-10-20-13(4)8-17(14)21-16-6-5-15(18)7-12(16)3/h5-8,10-11,19H,9H2,1-4H3. The van der Waals surface area contributed by atoms with E-state index in [0.717, 1.165) is 22.6 Å². The molecule has 112 valence electrons. The van der Waals surface area contributed by atoms with Gasteiger partial charge in [0.1, 0.15) is 17.3 Å². The van der Waals surface area contributed by atoms with Crippen molar-refractivity contribution in [1.29, 1.82) is 0 Å². The lowest BCUT2D eigenvalue weighted by Crippen LogP contribution is -2.22. The van der Waals surface area contributed by atoms with Crippen molar-refractivity contribution in [2.45, 2.75) is 40.3 Å². The molecule has 2 aromatic rings. The quantitative estimate of drug-likeness (QED) is 0.898. The average Bonchev–Trinajstić information content (AvgIpc) is 2.41. The van der Waals surface area contributed by atoms with Crippen LogP contribution in [-0.2, 0) is 6.54 Å². The molecule has 0 aliphatic heterocycles. The second kappa shape index (κ2) is 6.68. The SMILES string of the molecule is Cc1cc(Oc2ccc(F)cc2C)c(CNC(C)C)cn1. The Morgan fingerprint density at radius 2 is 1.95 bits per heavy atom. The molecule has 2 rings (SSSR count). The second-order valence-corrected chi connectivity index (χ2v) is 5.48. The van der Waals surface area contributed by atoms with Crippen molar-refractivity contribution in [1.82, 2.24) is 10.3 Å². The zero-order chi connectivity index (χ0) is 15.4. The monoisotopic (exact) mass is 288 g/mol. The number of rotatable bonds is 5. The van der Waals surface area contributed by atoms with Gasteiger partial charge in [0.05, 0.1) is 0 Å². The summed E-state index contributed by atoms with van der Waals surface area (Å²) in [5, 5.41) is 3.35. The Morgan fingerprint density at radius 3 is 2.62 bits per heavy atom. The van der Waals surface area contributed by atoms with Crippen LogP contribution < -0.4 is 10.1 Å². The van der Waals surface area contributed by atoms with Crippen molar-refractivity contribution in [2.75, 3.05) is 0 Å². The molecule has 0 aliphatic rings. The van der Waals surface area contributed by atoms with Crippen LogP contribution >= 0.6 is 0 Å². The summed E-state index contributed by atoms with van der Waals surface area (Å²) in [5.74, 6) is 1.16. The Bertz CT molecular complexity index is 626. The predicted octanol–water partition coefficient (Wildman–Crippen LogP) is 4.13. The average molecular weight is 288 g/mol. The molecule has 0 amide bonds. The first-order valence-electron chi connectivity index (χ1n) is 7.08. The normalized spacial score (nSPS) is 11.0. The Balaban J connectivity index is 2.27. The minimum absolute atomic E-state index is 0.257. The van der Waals surface area contributed by atoms with E-state index in [9.17, 15) is 4.39 Å². The fourth-order valence-corrected chi connectivity index (χ4v) is 1.95. The summed E-state index contributed by atoms with van der Waals surface area (Å²) in [7, 11) is 0. The molecule has 0 atom stereocenters. The maximum absolute atomic E-state index is 13.2. The fourth-order valence-electron chi connectivity index (χ4n) is 1.95. The first-order valence-corrected chi connectivity index (χ1v) is 7.08. The molecule has 0 radical (unpaired) electrons. The van der Waals surface area contributed by atoms with Crippen LogP contribution in [0.3, 0.4) is 0 Å². The minimum atomic E-state index is -0.257. The molecule has 4 heteroatoms. The van der Waals surface area contributed by atoms with Gasteiger partial charge in [-0.3, -0.25) is 4.98 Å². The van der Waals surface area contributed by atoms with E-state index in [1.807, 2.05) is 26.1 Å². The first-order chi connectivity index (χ1) is 9.95. The molecule has 0 aliphatic carbocycles. The topological polar surface area (TPSA) is 34.1 Å². The molecule has 0 unspecified atom stereocenters. The number of aryl methyl sites for hydroxylation is 2. The first kappa shape index (κ1) is 15.4. The zero-order valence-corrected chi connectivity index (χ0v) is 12.9. The highest BCUT2D eigenvalue weighted by Crippen LogP contribution is 2.28. The Morgan fingerprint density at radius 1 is 1.19 bits per heavy atom. The van der Waals surface area contributed by atoms with Gasteiger partial charge in [-0.2, -0.15) is 0 Å². The highest BCUT2D eigenvalue weighted by Gasteiger charge is 2.09. The molecule has 1 aromatic heterocycles. The van der Waals surface area contributed by atoms with E-state index in [-0.39, 0.29) is 5.82 Å². The smallest absolute Gasteiger partial charge is 0.135 e. The van der Waals surface area contributed by atoms with Gasteiger partial charge in [-0.1, -0.05) is 13.8 Å². The van der Waals surface area contributed by atoms with E-state index in [1.165, 1.54) is 12.1 Å². The van der Waals surface area contributed by atoms with Gasteiger partial charge in [0.15, 0.2) is 0 Å². The van der Waals surface area contributed by atoms with E-state index in [1.54, 1.807) is 6.07 Å². The molecule has 0 saturated carbocycles. The van der Waals surface area contributed by atoms with E-state index < -0.39 is 0 Å². The van der Waals surface area contributed by atoms with Crippen LogP contribution in [0.1, 0.15) is 30.7 Å².